The molecule has 0 spiro atoms. The van der Waals surface area contributed by atoms with Crippen molar-refractivity contribution < 1.29 is 9.72 Å². The quantitative estimate of drug-likeness (QED) is 0.517. The van der Waals surface area contributed by atoms with Crippen molar-refractivity contribution in [2.45, 2.75) is 26.2 Å². The Hall–Kier alpha value is -2.80. The summed E-state index contributed by atoms with van der Waals surface area (Å²) in [5, 5.41) is 14.1. The summed E-state index contributed by atoms with van der Waals surface area (Å²) in [4.78, 5) is 27.3. The maximum Gasteiger partial charge on any atom is 0.270 e. The van der Waals surface area contributed by atoms with E-state index in [2.05, 4.69) is 30.2 Å². The average Bonchev–Trinajstić information content (AvgIpc) is 3.03. The highest BCUT2D eigenvalue weighted by molar-refractivity contribution is 7.22. The normalized spacial score (nSPS) is 12.1. The highest BCUT2D eigenvalue weighted by Gasteiger charge is 2.16. The van der Waals surface area contributed by atoms with Crippen LogP contribution in [-0.2, 0) is 0 Å². The molecule has 6 nitrogen and oxygen atoms in total. The van der Waals surface area contributed by atoms with Gasteiger partial charge in [-0.15, -0.1) is 0 Å². The maximum atomic E-state index is 12.4. The lowest BCUT2D eigenvalue weighted by Crippen LogP contribution is -2.11. The van der Waals surface area contributed by atoms with Gasteiger partial charge in [-0.2, -0.15) is 0 Å². The monoisotopic (exact) mass is 355 g/mol. The molecule has 0 aliphatic rings. The van der Waals surface area contributed by atoms with Gasteiger partial charge in [0.05, 0.1) is 15.1 Å². The number of anilines is 1. The van der Waals surface area contributed by atoms with Gasteiger partial charge in [0.1, 0.15) is 0 Å². The van der Waals surface area contributed by atoms with Crippen LogP contribution in [-0.4, -0.2) is 15.8 Å². The fourth-order valence-corrected chi connectivity index (χ4v) is 3.47. The van der Waals surface area contributed by atoms with E-state index in [9.17, 15) is 14.9 Å². The Morgan fingerprint density at radius 1 is 1.32 bits per heavy atom. The van der Waals surface area contributed by atoms with Gasteiger partial charge in [-0.3, -0.25) is 20.2 Å². The number of carbonyl (C=O) groups is 1. The van der Waals surface area contributed by atoms with Crippen molar-refractivity contribution in [1.29, 1.82) is 0 Å². The van der Waals surface area contributed by atoms with E-state index in [4.69, 9.17) is 0 Å². The molecular formula is C18H17N3O3S. The Kier molecular flexibility index (Phi) is 4.76. The predicted octanol–water partition coefficient (Wildman–Crippen LogP) is 4.97. The molecule has 3 aromatic rings. The van der Waals surface area contributed by atoms with Crippen LogP contribution in [0.2, 0.25) is 0 Å². The molecule has 0 radical (unpaired) electrons. The number of benzene rings is 2. The maximum absolute atomic E-state index is 12.4. The van der Waals surface area contributed by atoms with Crippen molar-refractivity contribution in [3.8, 4) is 0 Å². The number of non-ortho nitro benzene ring substituents is 1. The second kappa shape index (κ2) is 6.98. The van der Waals surface area contributed by atoms with Gasteiger partial charge in [0.2, 0.25) is 0 Å². The largest absolute Gasteiger partial charge is 0.298 e. The fraction of sp³-hybridized carbons (Fsp3) is 0.222. The highest BCUT2D eigenvalue weighted by atomic mass is 32.1. The smallest absolute Gasteiger partial charge is 0.270 e. The summed E-state index contributed by atoms with van der Waals surface area (Å²) >= 11 is 1.40. The number of carbonyl (C=O) groups excluding carboxylic acids is 1. The molecule has 1 amide bonds. The number of nitrogens with one attached hydrogen (secondary N) is 1. The molecule has 0 bridgehead atoms. The molecule has 1 aromatic heterocycles. The molecule has 0 saturated carbocycles. The molecule has 1 N–H and O–H groups in total. The number of thiazole rings is 1. The Bertz CT molecular complexity index is 952. The zero-order valence-electron chi connectivity index (χ0n) is 13.9. The number of rotatable bonds is 5. The van der Waals surface area contributed by atoms with E-state index in [-0.39, 0.29) is 11.3 Å². The standard InChI is InChI=1S/C18H17N3O3S/c1-3-11(2)14-8-5-9-15-16(14)19-18(25-15)20-17(22)12-6-4-7-13(10-12)21(23)24/h4-11H,3H2,1-2H3,(H,19,20,22). The summed E-state index contributed by atoms with van der Waals surface area (Å²) in [6.07, 6.45) is 1.01. The summed E-state index contributed by atoms with van der Waals surface area (Å²) < 4.78 is 1.01. The van der Waals surface area contributed by atoms with Gasteiger partial charge in [0.25, 0.3) is 11.6 Å². The van der Waals surface area contributed by atoms with Gasteiger partial charge in [0.15, 0.2) is 5.13 Å². The molecule has 2 aromatic carbocycles. The molecule has 7 heteroatoms. The SMILES string of the molecule is CCC(C)c1cccc2sc(NC(=O)c3cccc([N+](=O)[O-])c3)nc12. The Balaban J connectivity index is 1.89. The number of fused-ring (bicyclic) bond motifs is 1. The van der Waals surface area contributed by atoms with Crippen molar-refractivity contribution in [3.05, 3.63) is 63.7 Å². The first-order chi connectivity index (χ1) is 12.0. The lowest BCUT2D eigenvalue weighted by molar-refractivity contribution is -0.384. The third-order valence-electron chi connectivity index (χ3n) is 4.13. The van der Waals surface area contributed by atoms with Crippen molar-refractivity contribution in [3.63, 3.8) is 0 Å². The minimum Gasteiger partial charge on any atom is -0.298 e. The summed E-state index contributed by atoms with van der Waals surface area (Å²) in [7, 11) is 0. The third kappa shape index (κ3) is 3.51. The van der Waals surface area contributed by atoms with Gasteiger partial charge in [-0.05, 0) is 30.0 Å². The van der Waals surface area contributed by atoms with Gasteiger partial charge >= 0.3 is 0 Å². The first kappa shape index (κ1) is 17.0. The number of nitro benzene ring substituents is 1. The topological polar surface area (TPSA) is 85.1 Å². The molecule has 0 aliphatic carbocycles. The van der Waals surface area contributed by atoms with E-state index >= 15 is 0 Å². The highest BCUT2D eigenvalue weighted by Crippen LogP contribution is 2.33. The fourth-order valence-electron chi connectivity index (χ4n) is 2.57. The Labute approximate surface area is 148 Å². The molecule has 1 heterocycles. The van der Waals surface area contributed by atoms with Gasteiger partial charge in [-0.1, -0.05) is 43.4 Å². The molecule has 25 heavy (non-hydrogen) atoms. The van der Waals surface area contributed by atoms with Crippen molar-refractivity contribution in [2.75, 3.05) is 5.32 Å². The number of aromatic nitrogens is 1. The second-order valence-corrected chi connectivity index (χ2v) is 6.81. The zero-order valence-corrected chi connectivity index (χ0v) is 14.7. The van der Waals surface area contributed by atoms with Crippen LogP contribution in [0.15, 0.2) is 42.5 Å². The summed E-state index contributed by atoms with van der Waals surface area (Å²) in [5.74, 6) is -0.0287. The zero-order chi connectivity index (χ0) is 18.0. The molecule has 128 valence electrons. The molecule has 0 fully saturated rings. The predicted molar refractivity (Wildman–Crippen MR) is 99.4 cm³/mol. The van der Waals surface area contributed by atoms with Crippen LogP contribution >= 0.6 is 11.3 Å². The number of para-hydroxylation sites is 1. The minimum atomic E-state index is -0.521. The first-order valence-electron chi connectivity index (χ1n) is 7.95. The first-order valence-corrected chi connectivity index (χ1v) is 8.76. The van der Waals surface area contributed by atoms with E-state index in [1.54, 1.807) is 6.07 Å². The summed E-state index contributed by atoms with van der Waals surface area (Å²) in [5.41, 5.74) is 2.18. The summed E-state index contributed by atoms with van der Waals surface area (Å²) in [6.45, 7) is 4.27. The lowest BCUT2D eigenvalue weighted by atomic mass is 9.98. The van der Waals surface area contributed by atoms with E-state index in [0.717, 1.165) is 22.2 Å². The molecule has 3 rings (SSSR count). The molecule has 0 aliphatic heterocycles. The molecule has 1 atom stereocenters. The Morgan fingerprint density at radius 3 is 2.80 bits per heavy atom. The van der Waals surface area contributed by atoms with E-state index in [0.29, 0.717) is 11.0 Å². The van der Waals surface area contributed by atoms with Crippen LogP contribution in [0.1, 0.15) is 42.1 Å². The Morgan fingerprint density at radius 2 is 2.08 bits per heavy atom. The van der Waals surface area contributed by atoms with E-state index in [1.165, 1.54) is 29.5 Å². The van der Waals surface area contributed by atoms with Crippen LogP contribution in [0.25, 0.3) is 10.2 Å². The van der Waals surface area contributed by atoms with Crippen molar-refractivity contribution in [1.82, 2.24) is 4.98 Å². The van der Waals surface area contributed by atoms with Crippen LogP contribution in [0.5, 0.6) is 0 Å². The van der Waals surface area contributed by atoms with Gasteiger partial charge < -0.3 is 0 Å². The van der Waals surface area contributed by atoms with Crippen LogP contribution in [0.3, 0.4) is 0 Å². The minimum absolute atomic E-state index is 0.115. The lowest BCUT2D eigenvalue weighted by Gasteiger charge is -2.08. The van der Waals surface area contributed by atoms with Crippen LogP contribution in [0.4, 0.5) is 10.8 Å². The number of amides is 1. The number of hydrogen-bond donors (Lipinski definition) is 1. The molecular weight excluding hydrogens is 338 g/mol. The van der Waals surface area contributed by atoms with Crippen LogP contribution < -0.4 is 5.32 Å². The number of nitro groups is 1. The average molecular weight is 355 g/mol. The molecule has 0 saturated heterocycles. The van der Waals surface area contributed by atoms with Gasteiger partial charge in [-0.25, -0.2) is 4.98 Å². The van der Waals surface area contributed by atoms with Crippen molar-refractivity contribution in [2.24, 2.45) is 0 Å². The van der Waals surface area contributed by atoms with E-state index < -0.39 is 10.8 Å². The van der Waals surface area contributed by atoms with Crippen LogP contribution in [0, 0.1) is 10.1 Å². The number of nitrogens with zero attached hydrogens (tertiary/aromatic N) is 2. The molecule has 1 unspecified atom stereocenters. The van der Waals surface area contributed by atoms with Crippen molar-refractivity contribution >= 4 is 38.3 Å². The van der Waals surface area contributed by atoms with Gasteiger partial charge in [0, 0.05) is 17.7 Å². The summed E-state index contributed by atoms with van der Waals surface area (Å²) in [6, 6.07) is 11.7. The third-order valence-corrected chi connectivity index (χ3v) is 5.07. The second-order valence-electron chi connectivity index (χ2n) is 5.78. The van der Waals surface area contributed by atoms with E-state index in [1.807, 2.05) is 12.1 Å². The number of hydrogen-bond acceptors (Lipinski definition) is 5.